The van der Waals surface area contributed by atoms with E-state index in [1.165, 1.54) is 18.5 Å². The fourth-order valence-corrected chi connectivity index (χ4v) is 1.15. The number of hydrogen-bond acceptors (Lipinski definition) is 4. The number of carbonyl (C=O) groups excluding carboxylic acids is 1. The number of ether oxygens (including phenoxy) is 1. The third-order valence-electron chi connectivity index (χ3n) is 1.96. The lowest BCUT2D eigenvalue weighted by molar-refractivity contribution is -0.125. The van der Waals surface area contributed by atoms with Crippen molar-refractivity contribution in [1.82, 2.24) is 4.98 Å². The SMILES string of the molecule is CC(C)(C)OCC(=O)Nc1cnccc1C(=O)O. The van der Waals surface area contributed by atoms with Gasteiger partial charge in [0.05, 0.1) is 23.0 Å². The number of carboxylic acid groups (broad SMARTS) is 1. The minimum absolute atomic E-state index is 0.00545. The van der Waals surface area contributed by atoms with Crippen molar-refractivity contribution in [3.63, 3.8) is 0 Å². The highest BCUT2D eigenvalue weighted by atomic mass is 16.5. The highest BCUT2D eigenvalue weighted by Crippen LogP contribution is 2.13. The molecule has 0 aliphatic heterocycles. The lowest BCUT2D eigenvalue weighted by Gasteiger charge is -2.19. The predicted octanol–water partition coefficient (Wildman–Crippen LogP) is 1.53. The zero-order valence-electron chi connectivity index (χ0n) is 10.6. The van der Waals surface area contributed by atoms with Gasteiger partial charge in [0, 0.05) is 6.20 Å². The van der Waals surface area contributed by atoms with Crippen LogP contribution >= 0.6 is 0 Å². The van der Waals surface area contributed by atoms with E-state index in [-0.39, 0.29) is 17.9 Å². The molecule has 0 unspecified atom stereocenters. The van der Waals surface area contributed by atoms with Gasteiger partial charge in [-0.3, -0.25) is 9.78 Å². The summed E-state index contributed by atoms with van der Waals surface area (Å²) in [6, 6.07) is 1.32. The van der Waals surface area contributed by atoms with Crippen molar-refractivity contribution in [2.24, 2.45) is 0 Å². The number of carbonyl (C=O) groups is 2. The first-order chi connectivity index (χ1) is 8.29. The third-order valence-corrected chi connectivity index (χ3v) is 1.96. The Bertz CT molecular complexity index is 452. The van der Waals surface area contributed by atoms with Crippen molar-refractivity contribution in [2.45, 2.75) is 26.4 Å². The topological polar surface area (TPSA) is 88.5 Å². The van der Waals surface area contributed by atoms with Crippen LogP contribution in [0, 0.1) is 0 Å². The van der Waals surface area contributed by atoms with Crippen LogP contribution in [-0.4, -0.2) is 34.2 Å². The summed E-state index contributed by atoms with van der Waals surface area (Å²) in [6.07, 6.45) is 2.64. The molecular formula is C12H16N2O4. The van der Waals surface area contributed by atoms with Gasteiger partial charge in [-0.25, -0.2) is 4.79 Å². The molecule has 0 fully saturated rings. The van der Waals surface area contributed by atoms with Crippen molar-refractivity contribution in [2.75, 3.05) is 11.9 Å². The summed E-state index contributed by atoms with van der Waals surface area (Å²) in [5.41, 5.74) is -0.274. The Hall–Kier alpha value is -1.95. The van der Waals surface area contributed by atoms with Crippen molar-refractivity contribution in [3.05, 3.63) is 24.0 Å². The molecule has 1 aromatic heterocycles. The molecule has 1 heterocycles. The van der Waals surface area contributed by atoms with Gasteiger partial charge in [0.2, 0.25) is 5.91 Å². The molecule has 0 bridgehead atoms. The Labute approximate surface area is 105 Å². The molecule has 98 valence electrons. The molecule has 0 saturated heterocycles. The van der Waals surface area contributed by atoms with E-state index in [1.54, 1.807) is 0 Å². The number of hydrogen-bond donors (Lipinski definition) is 2. The average Bonchev–Trinajstić information content (AvgIpc) is 2.26. The predicted molar refractivity (Wildman–Crippen MR) is 65.5 cm³/mol. The van der Waals surface area contributed by atoms with Gasteiger partial charge in [-0.15, -0.1) is 0 Å². The van der Waals surface area contributed by atoms with Crippen LogP contribution in [0.1, 0.15) is 31.1 Å². The van der Waals surface area contributed by atoms with Gasteiger partial charge in [0.15, 0.2) is 0 Å². The highest BCUT2D eigenvalue weighted by Gasteiger charge is 2.15. The molecule has 6 nitrogen and oxygen atoms in total. The van der Waals surface area contributed by atoms with Crippen molar-refractivity contribution >= 4 is 17.6 Å². The Morgan fingerprint density at radius 1 is 1.44 bits per heavy atom. The second kappa shape index (κ2) is 5.59. The maximum Gasteiger partial charge on any atom is 0.337 e. The largest absolute Gasteiger partial charge is 0.478 e. The zero-order chi connectivity index (χ0) is 13.8. The number of pyridine rings is 1. The van der Waals surface area contributed by atoms with Crippen LogP contribution in [0.25, 0.3) is 0 Å². The van der Waals surface area contributed by atoms with Crippen molar-refractivity contribution in [3.8, 4) is 0 Å². The second-order valence-electron chi connectivity index (χ2n) is 4.68. The summed E-state index contributed by atoms with van der Waals surface area (Å²) in [5.74, 6) is -1.54. The molecule has 0 radical (unpaired) electrons. The number of carboxylic acids is 1. The van der Waals surface area contributed by atoms with Crippen LogP contribution in [0.4, 0.5) is 5.69 Å². The molecule has 0 saturated carbocycles. The van der Waals surface area contributed by atoms with Gasteiger partial charge in [-0.2, -0.15) is 0 Å². The Kier molecular flexibility index (Phi) is 4.38. The van der Waals surface area contributed by atoms with Gasteiger partial charge < -0.3 is 15.2 Å². The summed E-state index contributed by atoms with van der Waals surface area (Å²) in [4.78, 5) is 26.3. The maximum absolute atomic E-state index is 11.6. The van der Waals surface area contributed by atoms with Crippen LogP contribution in [0.5, 0.6) is 0 Å². The standard InChI is InChI=1S/C12H16N2O4/c1-12(2,3)18-7-10(15)14-9-6-13-5-4-8(9)11(16)17/h4-6H,7H2,1-3H3,(H,14,15)(H,16,17). The fraction of sp³-hybridized carbons (Fsp3) is 0.417. The summed E-state index contributed by atoms with van der Waals surface area (Å²) in [6.45, 7) is 5.34. The molecule has 0 aliphatic carbocycles. The van der Waals surface area contributed by atoms with Crippen LogP contribution in [0.2, 0.25) is 0 Å². The van der Waals surface area contributed by atoms with E-state index in [4.69, 9.17) is 9.84 Å². The Morgan fingerprint density at radius 3 is 2.67 bits per heavy atom. The zero-order valence-corrected chi connectivity index (χ0v) is 10.6. The van der Waals surface area contributed by atoms with Gasteiger partial charge >= 0.3 is 5.97 Å². The summed E-state index contributed by atoms with van der Waals surface area (Å²) < 4.78 is 5.28. The van der Waals surface area contributed by atoms with E-state index >= 15 is 0 Å². The number of aromatic carboxylic acids is 1. The maximum atomic E-state index is 11.6. The molecule has 0 aliphatic rings. The second-order valence-corrected chi connectivity index (χ2v) is 4.68. The number of rotatable bonds is 4. The van der Waals surface area contributed by atoms with Gasteiger partial charge in [-0.05, 0) is 26.8 Å². The first kappa shape index (κ1) is 14.1. The van der Waals surface area contributed by atoms with Crippen molar-refractivity contribution in [1.29, 1.82) is 0 Å². The normalized spacial score (nSPS) is 11.1. The lowest BCUT2D eigenvalue weighted by atomic mass is 10.2. The fourth-order valence-electron chi connectivity index (χ4n) is 1.15. The summed E-state index contributed by atoms with van der Waals surface area (Å²) in [7, 11) is 0. The Morgan fingerprint density at radius 2 is 2.11 bits per heavy atom. The molecular weight excluding hydrogens is 236 g/mol. The molecule has 1 aromatic rings. The van der Waals surface area contributed by atoms with Crippen LogP contribution in [0.3, 0.4) is 0 Å². The number of aromatic nitrogens is 1. The molecule has 2 N–H and O–H groups in total. The van der Waals surface area contributed by atoms with Crippen molar-refractivity contribution < 1.29 is 19.4 Å². The molecule has 6 heteroatoms. The van der Waals surface area contributed by atoms with Gasteiger partial charge in [0.25, 0.3) is 0 Å². The van der Waals surface area contributed by atoms with Crippen LogP contribution in [-0.2, 0) is 9.53 Å². The number of nitrogens with one attached hydrogen (secondary N) is 1. The monoisotopic (exact) mass is 252 g/mol. The molecule has 18 heavy (non-hydrogen) atoms. The molecule has 0 spiro atoms. The smallest absolute Gasteiger partial charge is 0.337 e. The van der Waals surface area contributed by atoms with E-state index in [1.807, 2.05) is 20.8 Å². The molecule has 0 atom stereocenters. The summed E-state index contributed by atoms with van der Waals surface area (Å²) >= 11 is 0. The third kappa shape index (κ3) is 4.50. The van der Waals surface area contributed by atoms with Gasteiger partial charge in [-0.1, -0.05) is 0 Å². The van der Waals surface area contributed by atoms with E-state index in [0.29, 0.717) is 0 Å². The number of anilines is 1. The first-order valence-electron chi connectivity index (χ1n) is 5.41. The average molecular weight is 252 g/mol. The highest BCUT2D eigenvalue weighted by molar-refractivity contribution is 6.00. The Balaban J connectivity index is 2.68. The molecule has 1 amide bonds. The van der Waals surface area contributed by atoms with E-state index in [0.717, 1.165) is 0 Å². The quantitative estimate of drug-likeness (QED) is 0.848. The molecule has 1 rings (SSSR count). The number of amides is 1. The summed E-state index contributed by atoms with van der Waals surface area (Å²) in [5, 5.41) is 11.4. The van der Waals surface area contributed by atoms with E-state index < -0.39 is 17.5 Å². The minimum Gasteiger partial charge on any atom is -0.478 e. The van der Waals surface area contributed by atoms with Crippen LogP contribution < -0.4 is 5.32 Å². The number of nitrogens with zero attached hydrogens (tertiary/aromatic N) is 1. The molecule has 0 aromatic carbocycles. The van der Waals surface area contributed by atoms with E-state index in [9.17, 15) is 9.59 Å². The first-order valence-corrected chi connectivity index (χ1v) is 5.41. The van der Waals surface area contributed by atoms with Gasteiger partial charge in [0.1, 0.15) is 6.61 Å². The lowest BCUT2D eigenvalue weighted by Crippen LogP contribution is -2.27. The van der Waals surface area contributed by atoms with E-state index in [2.05, 4.69) is 10.3 Å². The van der Waals surface area contributed by atoms with Crippen LogP contribution in [0.15, 0.2) is 18.5 Å². The minimum atomic E-state index is -1.12.